The Hall–Kier alpha value is -2.63. The lowest BCUT2D eigenvalue weighted by Gasteiger charge is -2.25. The van der Waals surface area contributed by atoms with Crippen molar-refractivity contribution in [2.24, 2.45) is 0 Å². The highest BCUT2D eigenvalue weighted by molar-refractivity contribution is 5.95. The summed E-state index contributed by atoms with van der Waals surface area (Å²) in [7, 11) is 0. The van der Waals surface area contributed by atoms with E-state index in [1.54, 1.807) is 17.7 Å². The molecule has 1 saturated carbocycles. The summed E-state index contributed by atoms with van der Waals surface area (Å²) in [6.07, 6.45) is 1.69. The molecule has 1 aliphatic carbocycles. The first-order chi connectivity index (χ1) is 11.8. The van der Waals surface area contributed by atoms with Crippen LogP contribution in [-0.4, -0.2) is 43.7 Å². The van der Waals surface area contributed by atoms with Crippen LogP contribution in [0.5, 0.6) is 0 Å². The second-order valence-electron chi connectivity index (χ2n) is 6.89. The van der Waals surface area contributed by atoms with Crippen molar-refractivity contribution < 1.29 is 14.7 Å². The van der Waals surface area contributed by atoms with Crippen molar-refractivity contribution in [1.29, 1.82) is 0 Å². The van der Waals surface area contributed by atoms with Gasteiger partial charge in [0.25, 0.3) is 5.91 Å². The Balaban J connectivity index is 1.96. The van der Waals surface area contributed by atoms with E-state index in [2.05, 4.69) is 11.2 Å². The molecule has 1 aromatic carbocycles. The number of carbonyl (C=O) groups is 2. The molecule has 6 heteroatoms. The molecule has 6 nitrogen and oxygen atoms in total. The summed E-state index contributed by atoms with van der Waals surface area (Å²) in [5, 5.41) is 13.8. The van der Waals surface area contributed by atoms with Gasteiger partial charge in [-0.2, -0.15) is 5.10 Å². The fraction of sp³-hybridized carbons (Fsp3) is 0.421. The minimum absolute atomic E-state index is 0.00488. The summed E-state index contributed by atoms with van der Waals surface area (Å²) in [5.74, 6) is -1.31. The largest absolute Gasteiger partial charge is 0.480 e. The average molecular weight is 341 g/mol. The maximum atomic E-state index is 12.9. The minimum Gasteiger partial charge on any atom is -0.480 e. The second-order valence-corrected chi connectivity index (χ2v) is 6.89. The normalized spacial score (nSPS) is 15.0. The zero-order valence-corrected chi connectivity index (χ0v) is 15.0. The Kier molecular flexibility index (Phi) is 4.37. The van der Waals surface area contributed by atoms with Crippen molar-refractivity contribution in [3.63, 3.8) is 0 Å². The third kappa shape index (κ3) is 3.43. The Labute approximate surface area is 147 Å². The molecule has 1 heterocycles. The average Bonchev–Trinajstić information content (AvgIpc) is 3.27. The highest BCUT2D eigenvalue weighted by Gasteiger charge is 2.39. The molecule has 1 aromatic heterocycles. The predicted molar refractivity (Wildman–Crippen MR) is 94.1 cm³/mol. The number of amides is 1. The number of carboxylic acids is 1. The van der Waals surface area contributed by atoms with Crippen LogP contribution in [0.2, 0.25) is 0 Å². The quantitative estimate of drug-likeness (QED) is 0.907. The molecular formula is C19H23N3O3. The van der Waals surface area contributed by atoms with Crippen LogP contribution in [0.25, 0.3) is 5.69 Å². The molecule has 132 valence electrons. The molecule has 0 aliphatic heterocycles. The van der Waals surface area contributed by atoms with Crippen LogP contribution in [0.1, 0.15) is 47.1 Å². The monoisotopic (exact) mass is 341 g/mol. The zero-order valence-electron chi connectivity index (χ0n) is 15.0. The van der Waals surface area contributed by atoms with Gasteiger partial charge in [0.2, 0.25) is 0 Å². The van der Waals surface area contributed by atoms with Gasteiger partial charge in [0.15, 0.2) is 5.69 Å². The van der Waals surface area contributed by atoms with Crippen molar-refractivity contribution in [3.05, 3.63) is 46.8 Å². The van der Waals surface area contributed by atoms with Crippen molar-refractivity contribution in [3.8, 4) is 5.69 Å². The number of benzene rings is 1. The van der Waals surface area contributed by atoms with Crippen LogP contribution in [0.15, 0.2) is 24.3 Å². The van der Waals surface area contributed by atoms with E-state index in [0.717, 1.165) is 35.3 Å². The van der Waals surface area contributed by atoms with E-state index >= 15 is 0 Å². The molecule has 25 heavy (non-hydrogen) atoms. The van der Waals surface area contributed by atoms with E-state index in [0.29, 0.717) is 0 Å². The fourth-order valence-corrected chi connectivity index (χ4v) is 3.18. The smallest absolute Gasteiger partial charge is 0.326 e. The van der Waals surface area contributed by atoms with Crippen LogP contribution in [0, 0.1) is 20.8 Å². The van der Waals surface area contributed by atoms with Crippen LogP contribution >= 0.6 is 0 Å². The van der Waals surface area contributed by atoms with Crippen molar-refractivity contribution in [2.75, 3.05) is 0 Å². The maximum absolute atomic E-state index is 12.9. The molecule has 0 spiro atoms. The minimum atomic E-state index is -0.995. The van der Waals surface area contributed by atoms with Crippen molar-refractivity contribution >= 4 is 11.9 Å². The molecular weight excluding hydrogens is 318 g/mol. The Bertz CT molecular complexity index is 816. The van der Waals surface area contributed by atoms with Gasteiger partial charge in [-0.25, -0.2) is 9.48 Å². The summed E-state index contributed by atoms with van der Waals surface area (Å²) in [5.41, 5.74) is 4.27. The van der Waals surface area contributed by atoms with Gasteiger partial charge in [-0.15, -0.1) is 0 Å². The Morgan fingerprint density at radius 1 is 1.16 bits per heavy atom. The summed E-state index contributed by atoms with van der Waals surface area (Å²) in [6, 6.07) is 6.98. The molecule has 3 rings (SSSR count). The third-order valence-corrected chi connectivity index (χ3v) is 4.51. The van der Waals surface area contributed by atoms with E-state index in [1.165, 1.54) is 4.90 Å². The van der Waals surface area contributed by atoms with Gasteiger partial charge >= 0.3 is 5.97 Å². The van der Waals surface area contributed by atoms with Gasteiger partial charge in [-0.1, -0.05) is 6.07 Å². The lowest BCUT2D eigenvalue weighted by atomic mass is 10.1. The van der Waals surface area contributed by atoms with Gasteiger partial charge in [0.05, 0.1) is 5.69 Å². The molecule has 1 unspecified atom stereocenters. The molecule has 0 radical (unpaired) electrons. The number of carboxylic acid groups (broad SMARTS) is 1. The predicted octanol–water partition coefficient (Wildman–Crippen LogP) is 2.88. The number of aromatic nitrogens is 2. The van der Waals surface area contributed by atoms with Crippen LogP contribution in [0.4, 0.5) is 0 Å². The van der Waals surface area contributed by atoms with Crippen LogP contribution in [0.3, 0.4) is 0 Å². The van der Waals surface area contributed by atoms with E-state index in [-0.39, 0.29) is 17.6 Å². The van der Waals surface area contributed by atoms with E-state index in [1.807, 2.05) is 32.9 Å². The topological polar surface area (TPSA) is 75.4 Å². The fourth-order valence-electron chi connectivity index (χ4n) is 3.18. The van der Waals surface area contributed by atoms with Crippen molar-refractivity contribution in [2.45, 2.75) is 52.6 Å². The molecule has 1 atom stereocenters. The number of rotatable bonds is 5. The Morgan fingerprint density at radius 3 is 2.28 bits per heavy atom. The molecule has 1 N–H and O–H groups in total. The first-order valence-electron chi connectivity index (χ1n) is 8.48. The van der Waals surface area contributed by atoms with Crippen molar-refractivity contribution in [1.82, 2.24) is 14.7 Å². The molecule has 0 bridgehead atoms. The highest BCUT2D eigenvalue weighted by atomic mass is 16.4. The summed E-state index contributed by atoms with van der Waals surface area (Å²) >= 11 is 0. The maximum Gasteiger partial charge on any atom is 0.326 e. The lowest BCUT2D eigenvalue weighted by Crippen LogP contribution is -2.44. The zero-order chi connectivity index (χ0) is 18.3. The second kappa shape index (κ2) is 6.35. The number of carbonyl (C=O) groups excluding carboxylic acids is 1. The van der Waals surface area contributed by atoms with E-state index in [9.17, 15) is 14.7 Å². The first-order valence-corrected chi connectivity index (χ1v) is 8.48. The van der Waals surface area contributed by atoms with Crippen LogP contribution < -0.4 is 0 Å². The number of hydrogen-bond acceptors (Lipinski definition) is 3. The first kappa shape index (κ1) is 17.2. The lowest BCUT2D eigenvalue weighted by molar-refractivity contribution is -0.141. The highest BCUT2D eigenvalue weighted by Crippen LogP contribution is 2.30. The van der Waals surface area contributed by atoms with Gasteiger partial charge in [0.1, 0.15) is 6.04 Å². The summed E-state index contributed by atoms with van der Waals surface area (Å²) < 4.78 is 1.74. The molecule has 1 aliphatic rings. The number of aryl methyl sites for hydroxylation is 3. The number of hydrogen-bond donors (Lipinski definition) is 1. The van der Waals surface area contributed by atoms with E-state index in [4.69, 9.17) is 0 Å². The standard InChI is InChI=1S/C19H23N3O3/c1-11-7-12(2)9-16(8-11)22-13(3)10-17(20-22)18(23)21(15-5-6-15)14(4)19(24)25/h7-10,14-15H,5-6H2,1-4H3,(H,24,25). The summed E-state index contributed by atoms with van der Waals surface area (Å²) in [6.45, 7) is 7.48. The molecule has 1 fully saturated rings. The van der Waals surface area contributed by atoms with E-state index < -0.39 is 12.0 Å². The van der Waals surface area contributed by atoms with Gasteiger partial charge in [-0.3, -0.25) is 4.79 Å². The SMILES string of the molecule is Cc1cc(C)cc(-n2nc(C(=O)N(C3CC3)C(C)C(=O)O)cc2C)c1. The molecule has 2 aromatic rings. The van der Waals surface area contributed by atoms with Gasteiger partial charge < -0.3 is 10.0 Å². The van der Waals surface area contributed by atoms with Crippen LogP contribution in [-0.2, 0) is 4.79 Å². The third-order valence-electron chi connectivity index (χ3n) is 4.51. The molecule has 0 saturated heterocycles. The number of nitrogens with zero attached hydrogens (tertiary/aromatic N) is 3. The Morgan fingerprint density at radius 2 is 1.76 bits per heavy atom. The van der Waals surface area contributed by atoms with Gasteiger partial charge in [-0.05, 0) is 69.9 Å². The summed E-state index contributed by atoms with van der Waals surface area (Å²) in [4.78, 5) is 25.7. The van der Waals surface area contributed by atoms with Gasteiger partial charge in [0, 0.05) is 11.7 Å². The molecule has 1 amide bonds. The number of aliphatic carboxylic acids is 1.